The Labute approximate surface area is 125 Å². The van der Waals surface area contributed by atoms with Crippen LogP contribution in [0.4, 0.5) is 4.79 Å². The highest BCUT2D eigenvalue weighted by molar-refractivity contribution is 5.68. The van der Waals surface area contributed by atoms with Crippen LogP contribution in [-0.4, -0.2) is 48.5 Å². The molecule has 2 rings (SSSR count). The third-order valence-corrected chi connectivity index (χ3v) is 4.19. The van der Waals surface area contributed by atoms with Crippen LogP contribution in [-0.2, 0) is 16.1 Å². The van der Waals surface area contributed by atoms with Gasteiger partial charge in [-0.15, -0.1) is 0 Å². The average Bonchev–Trinajstić information content (AvgIpc) is 2.54. The lowest BCUT2D eigenvalue weighted by Crippen LogP contribution is -2.53. The lowest BCUT2D eigenvalue weighted by molar-refractivity contribution is -0.0286. The molecule has 0 bridgehead atoms. The Kier molecular flexibility index (Phi) is 5.59. The SMILES string of the molecule is CN(C(=O)OCc1ccccc1)C1(CCO)CCOCC1. The monoisotopic (exact) mass is 293 g/mol. The van der Waals surface area contributed by atoms with Gasteiger partial charge in [-0.1, -0.05) is 30.3 Å². The van der Waals surface area contributed by atoms with E-state index in [1.54, 1.807) is 11.9 Å². The first-order valence-corrected chi connectivity index (χ1v) is 7.31. The van der Waals surface area contributed by atoms with Crippen molar-refractivity contribution in [3.8, 4) is 0 Å². The summed E-state index contributed by atoms with van der Waals surface area (Å²) in [6, 6.07) is 9.60. The highest BCUT2D eigenvalue weighted by Crippen LogP contribution is 2.30. The minimum Gasteiger partial charge on any atom is -0.445 e. The molecule has 5 heteroatoms. The molecular weight excluding hydrogens is 270 g/mol. The summed E-state index contributed by atoms with van der Waals surface area (Å²) >= 11 is 0. The van der Waals surface area contributed by atoms with E-state index in [2.05, 4.69) is 0 Å². The van der Waals surface area contributed by atoms with Gasteiger partial charge < -0.3 is 19.5 Å². The van der Waals surface area contributed by atoms with E-state index in [4.69, 9.17) is 9.47 Å². The quantitative estimate of drug-likeness (QED) is 0.904. The van der Waals surface area contributed by atoms with Crippen LogP contribution in [0.3, 0.4) is 0 Å². The normalized spacial score (nSPS) is 17.2. The maximum atomic E-state index is 12.3. The van der Waals surface area contributed by atoms with Crippen molar-refractivity contribution in [2.24, 2.45) is 0 Å². The van der Waals surface area contributed by atoms with Crippen LogP contribution in [0.15, 0.2) is 30.3 Å². The maximum absolute atomic E-state index is 12.3. The molecule has 1 heterocycles. The molecule has 0 spiro atoms. The molecule has 1 amide bonds. The fraction of sp³-hybridized carbons (Fsp3) is 0.562. The number of rotatable bonds is 5. The average molecular weight is 293 g/mol. The second-order valence-electron chi connectivity index (χ2n) is 5.41. The molecule has 1 N–H and O–H groups in total. The predicted molar refractivity (Wildman–Crippen MR) is 78.9 cm³/mol. The Hall–Kier alpha value is -1.59. The summed E-state index contributed by atoms with van der Waals surface area (Å²) < 4.78 is 10.7. The lowest BCUT2D eigenvalue weighted by atomic mass is 9.85. The van der Waals surface area contributed by atoms with Crippen molar-refractivity contribution in [2.45, 2.75) is 31.4 Å². The summed E-state index contributed by atoms with van der Waals surface area (Å²) in [5, 5.41) is 9.30. The molecule has 0 aliphatic carbocycles. The molecule has 0 unspecified atom stereocenters. The second-order valence-corrected chi connectivity index (χ2v) is 5.41. The van der Waals surface area contributed by atoms with Gasteiger partial charge in [0.2, 0.25) is 0 Å². The number of hydrogen-bond acceptors (Lipinski definition) is 4. The minimum atomic E-state index is -0.360. The number of carbonyl (C=O) groups is 1. The minimum absolute atomic E-state index is 0.0519. The Morgan fingerprint density at radius 2 is 2.00 bits per heavy atom. The van der Waals surface area contributed by atoms with Crippen molar-refractivity contribution in [2.75, 3.05) is 26.9 Å². The molecule has 1 aromatic carbocycles. The number of carbonyl (C=O) groups excluding carboxylic acids is 1. The third kappa shape index (κ3) is 3.95. The molecular formula is C16H23NO4. The van der Waals surface area contributed by atoms with E-state index in [1.165, 1.54) is 0 Å². The molecule has 0 saturated carbocycles. The fourth-order valence-electron chi connectivity index (χ4n) is 2.72. The molecule has 0 aromatic heterocycles. The van der Waals surface area contributed by atoms with Crippen LogP contribution in [0.5, 0.6) is 0 Å². The number of ether oxygens (including phenoxy) is 2. The van der Waals surface area contributed by atoms with E-state index in [0.717, 1.165) is 18.4 Å². The van der Waals surface area contributed by atoms with Gasteiger partial charge in [0, 0.05) is 26.9 Å². The van der Waals surface area contributed by atoms with Crippen LogP contribution in [0.25, 0.3) is 0 Å². The van der Waals surface area contributed by atoms with Crippen molar-refractivity contribution < 1.29 is 19.4 Å². The van der Waals surface area contributed by atoms with Crippen LogP contribution in [0, 0.1) is 0 Å². The number of benzene rings is 1. The predicted octanol–water partition coefficient (Wildman–Crippen LogP) is 2.19. The van der Waals surface area contributed by atoms with Gasteiger partial charge in [-0.2, -0.15) is 0 Å². The van der Waals surface area contributed by atoms with Gasteiger partial charge in [0.25, 0.3) is 0 Å². The van der Waals surface area contributed by atoms with E-state index in [-0.39, 0.29) is 24.8 Å². The molecule has 1 aliphatic heterocycles. The zero-order valence-electron chi connectivity index (χ0n) is 12.5. The van der Waals surface area contributed by atoms with Gasteiger partial charge in [-0.3, -0.25) is 0 Å². The second kappa shape index (κ2) is 7.43. The molecule has 21 heavy (non-hydrogen) atoms. The van der Waals surface area contributed by atoms with Crippen LogP contribution < -0.4 is 0 Å². The molecule has 0 atom stereocenters. The Bertz CT molecular complexity index is 437. The molecule has 1 aliphatic rings. The van der Waals surface area contributed by atoms with Gasteiger partial charge in [0.1, 0.15) is 6.61 Å². The summed E-state index contributed by atoms with van der Waals surface area (Å²) in [6.07, 6.45) is 1.65. The molecule has 0 radical (unpaired) electrons. The lowest BCUT2D eigenvalue weighted by Gasteiger charge is -2.43. The Morgan fingerprint density at radius 1 is 1.33 bits per heavy atom. The van der Waals surface area contributed by atoms with Crippen molar-refractivity contribution in [3.05, 3.63) is 35.9 Å². The Balaban J connectivity index is 1.96. The van der Waals surface area contributed by atoms with Crippen LogP contribution >= 0.6 is 0 Å². The summed E-state index contributed by atoms with van der Waals surface area (Å²) in [7, 11) is 1.74. The zero-order chi connectivity index (χ0) is 15.1. The van der Waals surface area contributed by atoms with Gasteiger partial charge in [-0.25, -0.2) is 4.79 Å². The van der Waals surface area contributed by atoms with E-state index in [0.29, 0.717) is 19.6 Å². The maximum Gasteiger partial charge on any atom is 0.410 e. The van der Waals surface area contributed by atoms with Crippen molar-refractivity contribution in [1.29, 1.82) is 0 Å². The van der Waals surface area contributed by atoms with Gasteiger partial charge in [-0.05, 0) is 24.8 Å². The smallest absolute Gasteiger partial charge is 0.410 e. The Morgan fingerprint density at radius 3 is 2.62 bits per heavy atom. The number of aliphatic hydroxyl groups excluding tert-OH is 1. The number of hydrogen-bond donors (Lipinski definition) is 1. The molecule has 1 saturated heterocycles. The standard InChI is InChI=1S/C16H23NO4/c1-17(16(7-10-18)8-11-20-12-9-16)15(19)21-13-14-5-3-2-4-6-14/h2-6,18H,7-13H2,1H3. The fourth-order valence-corrected chi connectivity index (χ4v) is 2.72. The molecule has 1 aromatic rings. The first-order chi connectivity index (χ1) is 10.2. The summed E-state index contributed by atoms with van der Waals surface area (Å²) in [5.41, 5.74) is 0.600. The van der Waals surface area contributed by atoms with Crippen LogP contribution in [0.1, 0.15) is 24.8 Å². The van der Waals surface area contributed by atoms with Gasteiger partial charge in [0.05, 0.1) is 5.54 Å². The van der Waals surface area contributed by atoms with Gasteiger partial charge in [0.15, 0.2) is 0 Å². The first-order valence-electron chi connectivity index (χ1n) is 7.31. The topological polar surface area (TPSA) is 59.0 Å². The summed E-state index contributed by atoms with van der Waals surface area (Å²) in [5.74, 6) is 0. The highest BCUT2D eigenvalue weighted by atomic mass is 16.6. The summed E-state index contributed by atoms with van der Waals surface area (Å²) in [4.78, 5) is 13.9. The number of nitrogens with zero attached hydrogens (tertiary/aromatic N) is 1. The van der Waals surface area contributed by atoms with E-state index in [9.17, 15) is 9.90 Å². The zero-order valence-corrected chi connectivity index (χ0v) is 12.5. The van der Waals surface area contributed by atoms with Crippen molar-refractivity contribution >= 4 is 6.09 Å². The van der Waals surface area contributed by atoms with E-state index < -0.39 is 0 Å². The van der Waals surface area contributed by atoms with Crippen molar-refractivity contribution in [1.82, 2.24) is 4.90 Å². The molecule has 1 fully saturated rings. The number of aliphatic hydroxyl groups is 1. The largest absolute Gasteiger partial charge is 0.445 e. The van der Waals surface area contributed by atoms with Crippen molar-refractivity contribution in [3.63, 3.8) is 0 Å². The molecule has 116 valence electrons. The molecule has 5 nitrogen and oxygen atoms in total. The van der Waals surface area contributed by atoms with E-state index in [1.807, 2.05) is 30.3 Å². The highest BCUT2D eigenvalue weighted by Gasteiger charge is 2.39. The summed E-state index contributed by atoms with van der Waals surface area (Å²) in [6.45, 7) is 1.53. The van der Waals surface area contributed by atoms with E-state index >= 15 is 0 Å². The van der Waals surface area contributed by atoms with Crippen LogP contribution in [0.2, 0.25) is 0 Å². The first kappa shape index (κ1) is 15.8. The third-order valence-electron chi connectivity index (χ3n) is 4.19. The number of amides is 1. The van der Waals surface area contributed by atoms with Gasteiger partial charge >= 0.3 is 6.09 Å².